The van der Waals surface area contributed by atoms with Crippen LogP contribution in [0, 0.1) is 0 Å². The highest BCUT2D eigenvalue weighted by Gasteiger charge is 2.26. The van der Waals surface area contributed by atoms with Gasteiger partial charge in [0.2, 0.25) is 5.91 Å². The Morgan fingerprint density at radius 3 is 2.18 bits per heavy atom. The second-order valence-corrected chi connectivity index (χ2v) is 7.76. The van der Waals surface area contributed by atoms with Gasteiger partial charge >= 0.3 is 0 Å². The van der Waals surface area contributed by atoms with E-state index < -0.39 is 0 Å². The minimum Gasteiger partial charge on any atom is -0.497 e. The minimum atomic E-state index is -0.303. The highest BCUT2D eigenvalue weighted by Crippen LogP contribution is 2.44. The maximum Gasteiger partial charge on any atom is 0.261 e. The number of hydrogen-bond donors (Lipinski definition) is 1. The van der Waals surface area contributed by atoms with Gasteiger partial charge in [0.05, 0.1) is 21.3 Å². The highest BCUT2D eigenvalue weighted by molar-refractivity contribution is 6.12. The zero-order valence-electron chi connectivity index (χ0n) is 19.5. The number of carbonyl (C=O) groups is 2. The van der Waals surface area contributed by atoms with Gasteiger partial charge in [0.1, 0.15) is 5.75 Å². The number of rotatable bonds is 6. The molecule has 0 aliphatic heterocycles. The standard InChI is InChI=1S/C28H25NO5/c1-17-22(12-18-13-25(33-3)28(31)26(14-18)34-4)21-11-10-20(32-2)15-24(21)23(17)16-27(30)29-19-8-6-5-7-9-19/h5-16H,1-4H3,(H,29,30). The van der Waals surface area contributed by atoms with Crippen molar-refractivity contribution >= 4 is 28.5 Å². The van der Waals surface area contributed by atoms with Crippen LogP contribution in [0.4, 0.5) is 5.69 Å². The zero-order chi connectivity index (χ0) is 24.2. The van der Waals surface area contributed by atoms with Gasteiger partial charge in [-0.2, -0.15) is 0 Å². The van der Waals surface area contributed by atoms with Crippen LogP contribution in [0.25, 0.3) is 11.1 Å². The lowest BCUT2D eigenvalue weighted by atomic mass is 9.99. The van der Waals surface area contributed by atoms with Gasteiger partial charge in [-0.3, -0.25) is 9.59 Å². The summed E-state index contributed by atoms with van der Waals surface area (Å²) in [6.07, 6.45) is 6.92. The van der Waals surface area contributed by atoms with Crippen LogP contribution in [0.15, 0.2) is 95.5 Å². The van der Waals surface area contributed by atoms with Crippen LogP contribution < -0.4 is 10.1 Å². The van der Waals surface area contributed by atoms with E-state index in [0.717, 1.165) is 39.1 Å². The molecule has 0 atom stereocenters. The molecule has 2 aliphatic rings. The molecule has 4 rings (SSSR count). The Labute approximate surface area is 198 Å². The number of hydrogen-bond acceptors (Lipinski definition) is 5. The van der Waals surface area contributed by atoms with Crippen LogP contribution in [-0.4, -0.2) is 33.0 Å². The average Bonchev–Trinajstić information content (AvgIpc) is 3.10. The van der Waals surface area contributed by atoms with Crippen molar-refractivity contribution in [3.05, 3.63) is 107 Å². The topological polar surface area (TPSA) is 73.9 Å². The molecule has 0 bridgehead atoms. The highest BCUT2D eigenvalue weighted by atomic mass is 16.5. The summed E-state index contributed by atoms with van der Waals surface area (Å²) in [4.78, 5) is 25.2. The number of fused-ring (bicyclic) bond motifs is 1. The van der Waals surface area contributed by atoms with Crippen LogP contribution >= 0.6 is 0 Å². The lowest BCUT2D eigenvalue weighted by Gasteiger charge is -2.14. The Morgan fingerprint density at radius 2 is 1.56 bits per heavy atom. The maximum absolute atomic E-state index is 12.8. The minimum absolute atomic E-state index is 0.204. The molecule has 0 saturated carbocycles. The van der Waals surface area contributed by atoms with Gasteiger partial charge in [0.15, 0.2) is 11.5 Å². The SMILES string of the molecule is COC1=CC(=CC2=C(C)C(=CC(=O)Nc3ccccc3)c3cc(OC)ccc32)C=C(OC)C1=O. The number of amides is 1. The summed E-state index contributed by atoms with van der Waals surface area (Å²) >= 11 is 0. The number of nitrogens with one attached hydrogen (secondary N) is 1. The molecular formula is C28H25NO5. The predicted octanol–water partition coefficient (Wildman–Crippen LogP) is 5.07. The van der Waals surface area contributed by atoms with Gasteiger partial charge in [0, 0.05) is 11.8 Å². The van der Waals surface area contributed by atoms with Gasteiger partial charge < -0.3 is 19.5 Å². The third-order valence-corrected chi connectivity index (χ3v) is 5.73. The first kappa shape index (κ1) is 22.9. The van der Waals surface area contributed by atoms with Crippen molar-refractivity contribution in [3.8, 4) is 5.75 Å². The first-order chi connectivity index (χ1) is 16.4. The van der Waals surface area contributed by atoms with Crippen molar-refractivity contribution in [2.24, 2.45) is 0 Å². The fraction of sp³-hybridized carbons (Fsp3) is 0.143. The Morgan fingerprint density at radius 1 is 0.882 bits per heavy atom. The fourth-order valence-corrected chi connectivity index (χ4v) is 4.01. The smallest absolute Gasteiger partial charge is 0.261 e. The monoisotopic (exact) mass is 455 g/mol. The molecule has 0 fully saturated rings. The second-order valence-electron chi connectivity index (χ2n) is 7.76. The van der Waals surface area contributed by atoms with Crippen molar-refractivity contribution in [3.63, 3.8) is 0 Å². The first-order valence-corrected chi connectivity index (χ1v) is 10.7. The van der Waals surface area contributed by atoms with E-state index in [1.807, 2.05) is 61.5 Å². The van der Waals surface area contributed by atoms with Crippen molar-refractivity contribution in [2.75, 3.05) is 26.6 Å². The predicted molar refractivity (Wildman–Crippen MR) is 132 cm³/mol. The number of anilines is 1. The molecule has 0 aromatic heterocycles. The average molecular weight is 456 g/mol. The van der Waals surface area contributed by atoms with Gasteiger partial charge in [-0.1, -0.05) is 24.3 Å². The summed E-state index contributed by atoms with van der Waals surface area (Å²) in [6.45, 7) is 1.97. The fourth-order valence-electron chi connectivity index (χ4n) is 4.01. The second kappa shape index (κ2) is 9.67. The molecule has 6 heteroatoms. The molecule has 1 amide bonds. The van der Waals surface area contributed by atoms with E-state index in [1.54, 1.807) is 25.3 Å². The normalized spacial score (nSPS) is 16.1. The molecular weight excluding hydrogens is 430 g/mol. The Hall–Kier alpha value is -4.32. The number of benzene rings is 2. The van der Waals surface area contributed by atoms with E-state index in [4.69, 9.17) is 14.2 Å². The first-order valence-electron chi connectivity index (χ1n) is 10.7. The summed E-state index contributed by atoms with van der Waals surface area (Å²) < 4.78 is 15.9. The zero-order valence-corrected chi connectivity index (χ0v) is 19.5. The number of para-hydroxylation sites is 1. The summed E-state index contributed by atoms with van der Waals surface area (Å²) in [7, 11) is 4.51. The lowest BCUT2D eigenvalue weighted by molar-refractivity contribution is -0.118. The number of carbonyl (C=O) groups excluding carboxylic acids is 2. The number of Topliss-reactive ketones (excluding diaryl/α,β-unsaturated/α-hetero) is 1. The Balaban J connectivity index is 1.80. The van der Waals surface area contributed by atoms with Gasteiger partial charge in [-0.15, -0.1) is 0 Å². The number of ether oxygens (including phenoxy) is 3. The molecule has 1 N–H and O–H groups in total. The quantitative estimate of drug-likeness (QED) is 0.616. The number of methoxy groups -OCH3 is 3. The van der Waals surface area contributed by atoms with Crippen LogP contribution in [0.2, 0.25) is 0 Å². The van der Waals surface area contributed by atoms with Gasteiger partial charge in [-0.25, -0.2) is 0 Å². The van der Waals surface area contributed by atoms with Crippen LogP contribution in [-0.2, 0) is 19.1 Å². The van der Waals surface area contributed by atoms with Crippen LogP contribution in [0.3, 0.4) is 0 Å². The summed E-state index contributed by atoms with van der Waals surface area (Å²) in [5.41, 5.74) is 5.98. The molecule has 0 radical (unpaired) electrons. The molecule has 172 valence electrons. The van der Waals surface area contributed by atoms with Crippen molar-refractivity contribution in [2.45, 2.75) is 6.92 Å². The van der Waals surface area contributed by atoms with Crippen LogP contribution in [0.1, 0.15) is 18.1 Å². The van der Waals surface area contributed by atoms with Crippen molar-refractivity contribution < 1.29 is 23.8 Å². The number of ketones is 1. The third kappa shape index (κ3) is 4.43. The van der Waals surface area contributed by atoms with Gasteiger partial charge in [0.25, 0.3) is 5.78 Å². The largest absolute Gasteiger partial charge is 0.497 e. The molecule has 0 spiro atoms. The van der Waals surface area contributed by atoms with Crippen LogP contribution in [0.5, 0.6) is 5.75 Å². The van der Waals surface area contributed by atoms with E-state index in [1.165, 1.54) is 14.2 Å². The molecule has 2 aliphatic carbocycles. The van der Waals surface area contributed by atoms with E-state index >= 15 is 0 Å². The molecule has 0 saturated heterocycles. The van der Waals surface area contributed by atoms with E-state index in [2.05, 4.69) is 5.32 Å². The summed E-state index contributed by atoms with van der Waals surface area (Å²) in [5.74, 6) is 0.572. The number of allylic oxidation sites excluding steroid dienone is 7. The molecule has 0 unspecified atom stereocenters. The van der Waals surface area contributed by atoms with E-state index in [0.29, 0.717) is 5.75 Å². The van der Waals surface area contributed by atoms with Gasteiger partial charge in [-0.05, 0) is 82.8 Å². The molecule has 0 heterocycles. The van der Waals surface area contributed by atoms with Crippen molar-refractivity contribution in [1.82, 2.24) is 0 Å². The Kier molecular flexibility index (Phi) is 6.50. The molecule has 2 aromatic carbocycles. The summed E-state index contributed by atoms with van der Waals surface area (Å²) in [6, 6.07) is 15.1. The van der Waals surface area contributed by atoms with E-state index in [9.17, 15) is 9.59 Å². The molecule has 2 aromatic rings. The van der Waals surface area contributed by atoms with Crippen molar-refractivity contribution in [1.29, 1.82) is 0 Å². The molecule has 6 nitrogen and oxygen atoms in total. The third-order valence-electron chi connectivity index (χ3n) is 5.73. The molecule has 34 heavy (non-hydrogen) atoms. The maximum atomic E-state index is 12.8. The lowest BCUT2D eigenvalue weighted by Crippen LogP contribution is -2.13. The van der Waals surface area contributed by atoms with E-state index in [-0.39, 0.29) is 23.2 Å². The summed E-state index contributed by atoms with van der Waals surface area (Å²) in [5, 5.41) is 2.90. The Bertz CT molecular complexity index is 1280.